The standard InChI is InChI=1S/C18H16FNO4/c1-24-16-7-6-12(8-14(16)19)17(21)20-10-13-5-3-2-4-11(13)9-15(20)18(22)23/h2-8,15H,9-10H2,1H3,(H,22,23). The molecule has 0 aromatic heterocycles. The minimum atomic E-state index is -1.08. The first kappa shape index (κ1) is 16.0. The van der Waals surface area contributed by atoms with E-state index in [1.165, 1.54) is 24.1 Å². The molecule has 1 N–H and O–H groups in total. The van der Waals surface area contributed by atoms with E-state index in [9.17, 15) is 19.1 Å². The summed E-state index contributed by atoms with van der Waals surface area (Å²) < 4.78 is 18.7. The first-order valence-corrected chi connectivity index (χ1v) is 7.45. The van der Waals surface area contributed by atoms with Gasteiger partial charge >= 0.3 is 5.97 Å². The van der Waals surface area contributed by atoms with E-state index in [1.54, 1.807) is 0 Å². The molecule has 24 heavy (non-hydrogen) atoms. The van der Waals surface area contributed by atoms with Gasteiger partial charge in [-0.15, -0.1) is 0 Å². The third-order valence-corrected chi connectivity index (χ3v) is 4.19. The summed E-state index contributed by atoms with van der Waals surface area (Å²) in [5.74, 6) is -2.22. The number of ether oxygens (including phenoxy) is 1. The van der Waals surface area contributed by atoms with Crippen molar-refractivity contribution in [1.82, 2.24) is 4.90 Å². The molecule has 0 saturated heterocycles. The Balaban J connectivity index is 1.95. The molecule has 0 radical (unpaired) electrons. The van der Waals surface area contributed by atoms with Crippen LogP contribution in [0, 0.1) is 5.82 Å². The molecule has 1 aliphatic rings. The van der Waals surface area contributed by atoms with Crippen LogP contribution in [0.4, 0.5) is 4.39 Å². The number of halogens is 1. The van der Waals surface area contributed by atoms with Crippen molar-refractivity contribution >= 4 is 11.9 Å². The van der Waals surface area contributed by atoms with Crippen LogP contribution in [0.1, 0.15) is 21.5 Å². The Morgan fingerprint density at radius 1 is 1.21 bits per heavy atom. The van der Waals surface area contributed by atoms with E-state index < -0.39 is 23.7 Å². The average Bonchev–Trinajstić information content (AvgIpc) is 2.59. The third-order valence-electron chi connectivity index (χ3n) is 4.19. The molecule has 1 unspecified atom stereocenters. The first-order valence-electron chi connectivity index (χ1n) is 7.45. The van der Waals surface area contributed by atoms with Crippen molar-refractivity contribution in [3.63, 3.8) is 0 Å². The number of benzene rings is 2. The monoisotopic (exact) mass is 329 g/mol. The van der Waals surface area contributed by atoms with E-state index in [0.29, 0.717) is 0 Å². The van der Waals surface area contributed by atoms with Crippen LogP contribution in [0.3, 0.4) is 0 Å². The minimum Gasteiger partial charge on any atom is -0.494 e. The molecule has 0 aliphatic carbocycles. The van der Waals surface area contributed by atoms with Gasteiger partial charge in [0.2, 0.25) is 0 Å². The highest BCUT2D eigenvalue weighted by Crippen LogP contribution is 2.26. The molecular formula is C18H16FNO4. The molecule has 1 aliphatic heterocycles. The number of carbonyl (C=O) groups excluding carboxylic acids is 1. The maximum Gasteiger partial charge on any atom is 0.326 e. The number of nitrogens with zero attached hydrogens (tertiary/aromatic N) is 1. The number of carbonyl (C=O) groups is 2. The second-order valence-corrected chi connectivity index (χ2v) is 5.61. The third kappa shape index (κ3) is 2.82. The Bertz CT molecular complexity index is 805. The number of aliphatic carboxylic acids is 1. The van der Waals surface area contributed by atoms with Crippen LogP contribution in [0.5, 0.6) is 5.75 Å². The molecule has 6 heteroatoms. The fraction of sp³-hybridized carbons (Fsp3) is 0.222. The summed E-state index contributed by atoms with van der Waals surface area (Å²) in [6.45, 7) is 0.180. The number of hydrogen-bond donors (Lipinski definition) is 1. The number of rotatable bonds is 3. The van der Waals surface area contributed by atoms with Gasteiger partial charge in [-0.3, -0.25) is 4.79 Å². The van der Waals surface area contributed by atoms with Crippen molar-refractivity contribution in [2.45, 2.75) is 19.0 Å². The normalized spacial score (nSPS) is 16.4. The van der Waals surface area contributed by atoms with Crippen LogP contribution in [-0.4, -0.2) is 35.0 Å². The van der Waals surface area contributed by atoms with Crippen molar-refractivity contribution in [2.75, 3.05) is 7.11 Å². The van der Waals surface area contributed by atoms with Gasteiger partial charge in [0.05, 0.1) is 7.11 Å². The Morgan fingerprint density at radius 3 is 2.54 bits per heavy atom. The number of carboxylic acid groups (broad SMARTS) is 1. The van der Waals surface area contributed by atoms with Crippen LogP contribution in [0.25, 0.3) is 0 Å². The van der Waals surface area contributed by atoms with Crippen LogP contribution in [0.2, 0.25) is 0 Å². The molecule has 2 aromatic rings. The molecule has 0 fully saturated rings. The molecule has 1 amide bonds. The van der Waals surface area contributed by atoms with Crippen LogP contribution < -0.4 is 4.74 Å². The number of methoxy groups -OCH3 is 1. The summed E-state index contributed by atoms with van der Waals surface area (Å²) in [6, 6.07) is 10.3. The van der Waals surface area contributed by atoms with Gasteiger partial charge in [0.15, 0.2) is 11.6 Å². The van der Waals surface area contributed by atoms with Gasteiger partial charge in [0.1, 0.15) is 6.04 Å². The zero-order valence-corrected chi connectivity index (χ0v) is 13.0. The maximum absolute atomic E-state index is 13.9. The van der Waals surface area contributed by atoms with E-state index in [0.717, 1.165) is 17.2 Å². The Labute approximate surface area is 138 Å². The molecule has 0 spiro atoms. The molecule has 1 atom stereocenters. The lowest BCUT2D eigenvalue weighted by Crippen LogP contribution is -2.48. The van der Waals surface area contributed by atoms with Gasteiger partial charge in [0, 0.05) is 18.5 Å². The fourth-order valence-corrected chi connectivity index (χ4v) is 2.92. The Hall–Kier alpha value is -2.89. The molecule has 2 aromatic carbocycles. The van der Waals surface area contributed by atoms with E-state index in [1.807, 2.05) is 24.3 Å². The Morgan fingerprint density at radius 2 is 1.92 bits per heavy atom. The van der Waals surface area contributed by atoms with Crippen molar-refractivity contribution in [2.24, 2.45) is 0 Å². The summed E-state index contributed by atoms with van der Waals surface area (Å²) >= 11 is 0. The zero-order chi connectivity index (χ0) is 17.3. The second-order valence-electron chi connectivity index (χ2n) is 5.61. The summed E-state index contributed by atoms with van der Waals surface area (Å²) in [5, 5.41) is 9.48. The van der Waals surface area contributed by atoms with E-state index in [4.69, 9.17) is 4.74 Å². The van der Waals surface area contributed by atoms with E-state index in [-0.39, 0.29) is 24.3 Å². The summed E-state index contributed by atoms with van der Waals surface area (Å²) in [5.41, 5.74) is 1.91. The van der Waals surface area contributed by atoms with Crippen LogP contribution in [0.15, 0.2) is 42.5 Å². The van der Waals surface area contributed by atoms with Gasteiger partial charge in [-0.1, -0.05) is 24.3 Å². The fourth-order valence-electron chi connectivity index (χ4n) is 2.92. The van der Waals surface area contributed by atoms with Crippen molar-refractivity contribution in [3.05, 3.63) is 65.0 Å². The molecule has 3 rings (SSSR count). The molecule has 0 saturated carbocycles. The number of hydrogen-bond acceptors (Lipinski definition) is 3. The van der Waals surface area contributed by atoms with Crippen molar-refractivity contribution in [3.8, 4) is 5.75 Å². The zero-order valence-electron chi connectivity index (χ0n) is 13.0. The predicted molar refractivity (Wildman–Crippen MR) is 84.4 cm³/mol. The van der Waals surface area contributed by atoms with Gasteiger partial charge in [-0.2, -0.15) is 0 Å². The largest absolute Gasteiger partial charge is 0.494 e. The minimum absolute atomic E-state index is 0.0327. The summed E-state index contributed by atoms with van der Waals surface area (Å²) in [6.07, 6.45) is 0.232. The Kier molecular flexibility index (Phi) is 4.20. The van der Waals surface area contributed by atoms with Crippen LogP contribution >= 0.6 is 0 Å². The van der Waals surface area contributed by atoms with Gasteiger partial charge < -0.3 is 14.7 Å². The number of carboxylic acids is 1. The molecular weight excluding hydrogens is 313 g/mol. The van der Waals surface area contributed by atoms with E-state index >= 15 is 0 Å². The topological polar surface area (TPSA) is 66.8 Å². The molecule has 5 nitrogen and oxygen atoms in total. The first-order chi connectivity index (χ1) is 11.5. The SMILES string of the molecule is COc1ccc(C(=O)N2Cc3ccccc3CC2C(=O)O)cc1F. The highest BCUT2D eigenvalue weighted by atomic mass is 19.1. The van der Waals surface area contributed by atoms with Crippen molar-refractivity contribution in [1.29, 1.82) is 0 Å². The van der Waals surface area contributed by atoms with Gasteiger partial charge in [-0.05, 0) is 29.3 Å². The van der Waals surface area contributed by atoms with E-state index in [2.05, 4.69) is 0 Å². The van der Waals surface area contributed by atoms with Crippen molar-refractivity contribution < 1.29 is 23.8 Å². The maximum atomic E-state index is 13.9. The summed E-state index contributed by atoms with van der Waals surface area (Å²) in [7, 11) is 1.34. The lowest BCUT2D eigenvalue weighted by molar-refractivity contribution is -0.142. The quantitative estimate of drug-likeness (QED) is 0.939. The number of fused-ring (bicyclic) bond motifs is 1. The van der Waals surface area contributed by atoms with Gasteiger partial charge in [0.25, 0.3) is 5.91 Å². The molecule has 1 heterocycles. The van der Waals surface area contributed by atoms with Crippen LogP contribution in [-0.2, 0) is 17.8 Å². The highest BCUT2D eigenvalue weighted by Gasteiger charge is 2.35. The molecule has 0 bridgehead atoms. The second kappa shape index (κ2) is 6.31. The smallest absolute Gasteiger partial charge is 0.326 e. The lowest BCUT2D eigenvalue weighted by atomic mass is 9.93. The predicted octanol–water partition coefficient (Wildman–Crippen LogP) is 2.49. The highest BCUT2D eigenvalue weighted by molar-refractivity contribution is 5.97. The van der Waals surface area contributed by atoms with Gasteiger partial charge in [-0.25, -0.2) is 9.18 Å². The average molecular weight is 329 g/mol. The molecule has 124 valence electrons. The summed E-state index contributed by atoms with van der Waals surface area (Å²) in [4.78, 5) is 25.6. The number of amides is 1. The lowest BCUT2D eigenvalue weighted by Gasteiger charge is -2.34.